The van der Waals surface area contributed by atoms with Gasteiger partial charge in [-0.05, 0) is 43.9 Å². The number of phenolic OH excluding ortho intramolecular Hbond substituents is 1. The number of hydrogen-bond donors (Lipinski definition) is 2. The predicted octanol–water partition coefficient (Wildman–Crippen LogP) is 2.99. The van der Waals surface area contributed by atoms with Crippen LogP contribution in [0.4, 0.5) is 10.5 Å². The number of anilines is 1. The number of urea groups is 1. The van der Waals surface area contributed by atoms with Crippen molar-refractivity contribution in [2.45, 2.75) is 6.54 Å². The third-order valence-corrected chi connectivity index (χ3v) is 3.41. The standard InChI is InChI=1S/C18H23N3O2/c1-20(2)11-12-21(14-15-7-6-10-17(22)13-15)18(23)19-16-8-4-3-5-9-16/h3-10,13,22H,11-12,14H2,1-2H3,(H,19,23). The molecule has 0 atom stereocenters. The molecule has 0 radical (unpaired) electrons. The number of carbonyl (C=O) groups excluding carboxylic acids is 1. The summed E-state index contributed by atoms with van der Waals surface area (Å²) in [5, 5.41) is 12.5. The van der Waals surface area contributed by atoms with E-state index in [2.05, 4.69) is 5.32 Å². The first kappa shape index (κ1) is 16.8. The lowest BCUT2D eigenvalue weighted by Gasteiger charge is -2.25. The van der Waals surface area contributed by atoms with Gasteiger partial charge in [0.2, 0.25) is 0 Å². The fraction of sp³-hybridized carbons (Fsp3) is 0.278. The quantitative estimate of drug-likeness (QED) is 0.862. The molecule has 5 heteroatoms. The highest BCUT2D eigenvalue weighted by Crippen LogP contribution is 2.14. The smallest absolute Gasteiger partial charge is 0.322 e. The van der Waals surface area contributed by atoms with E-state index in [1.807, 2.05) is 55.4 Å². The molecule has 0 saturated carbocycles. The number of para-hydroxylation sites is 1. The van der Waals surface area contributed by atoms with Gasteiger partial charge >= 0.3 is 6.03 Å². The minimum absolute atomic E-state index is 0.151. The number of aromatic hydroxyl groups is 1. The van der Waals surface area contributed by atoms with Crippen molar-refractivity contribution in [3.05, 3.63) is 60.2 Å². The summed E-state index contributed by atoms with van der Waals surface area (Å²) in [5.41, 5.74) is 1.66. The topological polar surface area (TPSA) is 55.8 Å². The summed E-state index contributed by atoms with van der Waals surface area (Å²) in [5.74, 6) is 0.207. The van der Waals surface area contributed by atoms with E-state index in [1.165, 1.54) is 0 Å². The molecule has 0 aliphatic carbocycles. The van der Waals surface area contributed by atoms with Crippen LogP contribution in [0.1, 0.15) is 5.56 Å². The molecule has 5 nitrogen and oxygen atoms in total. The maximum absolute atomic E-state index is 12.5. The monoisotopic (exact) mass is 313 g/mol. The van der Waals surface area contributed by atoms with Crippen LogP contribution < -0.4 is 5.32 Å². The van der Waals surface area contributed by atoms with Gasteiger partial charge in [0.1, 0.15) is 5.75 Å². The SMILES string of the molecule is CN(C)CCN(Cc1cccc(O)c1)C(=O)Nc1ccccc1. The fourth-order valence-electron chi connectivity index (χ4n) is 2.17. The molecule has 0 spiro atoms. The number of likely N-dealkylation sites (N-methyl/N-ethyl adjacent to an activating group) is 1. The Bertz CT molecular complexity index is 629. The van der Waals surface area contributed by atoms with Gasteiger partial charge in [-0.1, -0.05) is 30.3 Å². The third-order valence-electron chi connectivity index (χ3n) is 3.41. The zero-order valence-corrected chi connectivity index (χ0v) is 13.6. The number of nitrogens with one attached hydrogen (secondary N) is 1. The first-order valence-corrected chi connectivity index (χ1v) is 7.58. The van der Waals surface area contributed by atoms with Gasteiger partial charge in [0.25, 0.3) is 0 Å². The molecule has 2 rings (SSSR count). The van der Waals surface area contributed by atoms with E-state index in [0.717, 1.165) is 17.8 Å². The summed E-state index contributed by atoms with van der Waals surface area (Å²) in [6, 6.07) is 16.2. The van der Waals surface area contributed by atoms with Crippen LogP contribution in [0.3, 0.4) is 0 Å². The first-order chi connectivity index (χ1) is 11.0. The van der Waals surface area contributed by atoms with Crippen molar-refractivity contribution in [1.82, 2.24) is 9.80 Å². The Morgan fingerprint density at radius 3 is 2.43 bits per heavy atom. The molecule has 0 saturated heterocycles. The molecule has 2 amide bonds. The molecule has 2 aromatic carbocycles. The molecule has 2 N–H and O–H groups in total. The van der Waals surface area contributed by atoms with E-state index in [1.54, 1.807) is 23.1 Å². The van der Waals surface area contributed by atoms with Crippen LogP contribution in [-0.2, 0) is 6.54 Å². The van der Waals surface area contributed by atoms with Crippen molar-refractivity contribution >= 4 is 11.7 Å². The van der Waals surface area contributed by atoms with Gasteiger partial charge in [-0.2, -0.15) is 0 Å². The van der Waals surface area contributed by atoms with Crippen molar-refractivity contribution in [3.63, 3.8) is 0 Å². The van der Waals surface area contributed by atoms with E-state index in [0.29, 0.717) is 13.1 Å². The second-order valence-electron chi connectivity index (χ2n) is 5.69. The number of amides is 2. The molecule has 0 aliphatic heterocycles. The normalized spacial score (nSPS) is 10.6. The van der Waals surface area contributed by atoms with Gasteiger partial charge in [-0.25, -0.2) is 4.79 Å². The molecule has 0 unspecified atom stereocenters. The zero-order chi connectivity index (χ0) is 16.7. The van der Waals surface area contributed by atoms with Crippen molar-refractivity contribution in [1.29, 1.82) is 0 Å². The fourth-order valence-corrected chi connectivity index (χ4v) is 2.17. The highest BCUT2D eigenvalue weighted by molar-refractivity contribution is 5.89. The van der Waals surface area contributed by atoms with Gasteiger partial charge in [0.15, 0.2) is 0 Å². The van der Waals surface area contributed by atoms with Crippen LogP contribution in [0.2, 0.25) is 0 Å². The number of nitrogens with zero attached hydrogens (tertiary/aromatic N) is 2. The first-order valence-electron chi connectivity index (χ1n) is 7.58. The second-order valence-corrected chi connectivity index (χ2v) is 5.69. The lowest BCUT2D eigenvalue weighted by atomic mass is 10.2. The number of carbonyl (C=O) groups is 1. The minimum atomic E-state index is -0.151. The zero-order valence-electron chi connectivity index (χ0n) is 13.6. The molecule has 0 heterocycles. The Hall–Kier alpha value is -2.53. The van der Waals surface area contributed by atoms with Crippen LogP contribution in [0.15, 0.2) is 54.6 Å². The van der Waals surface area contributed by atoms with Crippen molar-refractivity contribution in [3.8, 4) is 5.75 Å². The molecule has 0 aliphatic rings. The van der Waals surface area contributed by atoms with Gasteiger partial charge in [0.05, 0.1) is 0 Å². The molecule has 0 bridgehead atoms. The van der Waals surface area contributed by atoms with Gasteiger partial charge in [-0.3, -0.25) is 0 Å². The maximum Gasteiger partial charge on any atom is 0.322 e. The molecular weight excluding hydrogens is 290 g/mol. The molecule has 2 aromatic rings. The van der Waals surface area contributed by atoms with E-state index < -0.39 is 0 Å². The summed E-state index contributed by atoms with van der Waals surface area (Å²) in [7, 11) is 3.95. The van der Waals surface area contributed by atoms with E-state index in [-0.39, 0.29) is 11.8 Å². The van der Waals surface area contributed by atoms with Gasteiger partial charge in [0, 0.05) is 25.3 Å². The predicted molar refractivity (Wildman–Crippen MR) is 92.5 cm³/mol. The number of phenols is 1. The van der Waals surface area contributed by atoms with Crippen LogP contribution in [0, 0.1) is 0 Å². The van der Waals surface area contributed by atoms with Crippen molar-refractivity contribution in [2.24, 2.45) is 0 Å². The van der Waals surface area contributed by atoms with Crippen LogP contribution in [0.25, 0.3) is 0 Å². The molecule has 122 valence electrons. The van der Waals surface area contributed by atoms with Gasteiger partial charge < -0.3 is 20.2 Å². The summed E-state index contributed by atoms with van der Waals surface area (Å²) in [6.07, 6.45) is 0. The largest absolute Gasteiger partial charge is 0.508 e. The average Bonchev–Trinajstić information content (AvgIpc) is 2.52. The Labute approximate surface area is 137 Å². The van der Waals surface area contributed by atoms with E-state index in [4.69, 9.17) is 0 Å². The Kier molecular flexibility index (Phi) is 6.00. The molecule has 0 aromatic heterocycles. The number of rotatable bonds is 6. The number of hydrogen-bond acceptors (Lipinski definition) is 3. The Balaban J connectivity index is 2.07. The highest BCUT2D eigenvalue weighted by Gasteiger charge is 2.14. The summed E-state index contributed by atoms with van der Waals surface area (Å²) < 4.78 is 0. The highest BCUT2D eigenvalue weighted by atomic mass is 16.3. The summed E-state index contributed by atoms with van der Waals surface area (Å²) in [4.78, 5) is 16.3. The lowest BCUT2D eigenvalue weighted by Crippen LogP contribution is -2.39. The van der Waals surface area contributed by atoms with Crippen LogP contribution in [-0.4, -0.2) is 48.1 Å². The maximum atomic E-state index is 12.5. The minimum Gasteiger partial charge on any atom is -0.508 e. The van der Waals surface area contributed by atoms with Crippen LogP contribution in [0.5, 0.6) is 5.75 Å². The molecule has 23 heavy (non-hydrogen) atoms. The summed E-state index contributed by atoms with van der Waals surface area (Å²) >= 11 is 0. The Morgan fingerprint density at radius 2 is 1.78 bits per heavy atom. The van der Waals surface area contributed by atoms with Crippen LogP contribution >= 0.6 is 0 Å². The van der Waals surface area contributed by atoms with E-state index >= 15 is 0 Å². The van der Waals surface area contributed by atoms with Gasteiger partial charge in [-0.15, -0.1) is 0 Å². The Morgan fingerprint density at radius 1 is 1.04 bits per heavy atom. The summed E-state index contributed by atoms with van der Waals surface area (Å²) in [6.45, 7) is 1.81. The average molecular weight is 313 g/mol. The lowest BCUT2D eigenvalue weighted by molar-refractivity contribution is 0.202. The second kappa shape index (κ2) is 8.19. The molecular formula is C18H23N3O2. The van der Waals surface area contributed by atoms with Crippen molar-refractivity contribution < 1.29 is 9.90 Å². The third kappa shape index (κ3) is 5.64. The molecule has 0 fully saturated rings. The number of benzene rings is 2. The van der Waals surface area contributed by atoms with Crippen molar-refractivity contribution in [2.75, 3.05) is 32.5 Å². The van der Waals surface area contributed by atoms with E-state index in [9.17, 15) is 9.90 Å².